The zero-order chi connectivity index (χ0) is 14.7. The van der Waals surface area contributed by atoms with Crippen molar-refractivity contribution in [3.05, 3.63) is 36.2 Å². The van der Waals surface area contributed by atoms with Gasteiger partial charge in [0.2, 0.25) is 11.7 Å². The predicted octanol–water partition coefficient (Wildman–Crippen LogP) is 2.30. The van der Waals surface area contributed by atoms with Gasteiger partial charge in [0.05, 0.1) is 6.54 Å². The minimum absolute atomic E-state index is 0.408. The second-order valence-corrected chi connectivity index (χ2v) is 5.77. The highest BCUT2D eigenvalue weighted by Gasteiger charge is 2.28. The van der Waals surface area contributed by atoms with Crippen molar-refractivity contribution in [2.45, 2.75) is 32.4 Å². The van der Waals surface area contributed by atoms with Gasteiger partial charge >= 0.3 is 0 Å². The molecule has 2 unspecified atom stereocenters. The van der Waals surface area contributed by atoms with Crippen molar-refractivity contribution in [2.75, 3.05) is 13.1 Å². The van der Waals surface area contributed by atoms with Crippen LogP contribution in [-0.2, 0) is 6.54 Å². The van der Waals surface area contributed by atoms with E-state index in [1.54, 1.807) is 0 Å². The topological polar surface area (TPSA) is 68.2 Å². The van der Waals surface area contributed by atoms with Crippen molar-refractivity contribution in [3.63, 3.8) is 0 Å². The molecule has 0 bridgehead atoms. The lowest BCUT2D eigenvalue weighted by molar-refractivity contribution is 0.0874. The summed E-state index contributed by atoms with van der Waals surface area (Å²) >= 11 is 0. The van der Waals surface area contributed by atoms with Crippen molar-refractivity contribution < 1.29 is 4.52 Å². The van der Waals surface area contributed by atoms with Crippen molar-refractivity contribution in [1.82, 2.24) is 15.0 Å². The minimum atomic E-state index is 0.408. The standard InChI is InChI=1S/C16H22N4O/c1-12-6-5-9-20(14(12)10-17)11-15-18-16(19-21-15)13-7-3-2-4-8-13/h2-4,7-8,12,14H,5-6,9-11,17H2,1H3. The third-order valence-corrected chi connectivity index (χ3v) is 4.31. The van der Waals surface area contributed by atoms with Crippen LogP contribution in [0.3, 0.4) is 0 Å². The van der Waals surface area contributed by atoms with E-state index in [0.717, 1.165) is 12.1 Å². The van der Waals surface area contributed by atoms with E-state index < -0.39 is 0 Å². The van der Waals surface area contributed by atoms with Gasteiger partial charge in [0, 0.05) is 18.2 Å². The van der Waals surface area contributed by atoms with Gasteiger partial charge in [0.1, 0.15) is 0 Å². The molecule has 0 aliphatic carbocycles. The molecule has 1 aromatic carbocycles. The summed E-state index contributed by atoms with van der Waals surface area (Å²) in [6.07, 6.45) is 2.45. The molecule has 1 saturated heterocycles. The quantitative estimate of drug-likeness (QED) is 0.934. The van der Waals surface area contributed by atoms with Gasteiger partial charge < -0.3 is 10.3 Å². The number of nitrogens with zero attached hydrogens (tertiary/aromatic N) is 3. The highest BCUT2D eigenvalue weighted by Crippen LogP contribution is 2.24. The zero-order valence-corrected chi connectivity index (χ0v) is 12.4. The Morgan fingerprint density at radius 1 is 1.33 bits per heavy atom. The smallest absolute Gasteiger partial charge is 0.241 e. The summed E-state index contributed by atoms with van der Waals surface area (Å²) in [5.41, 5.74) is 6.91. The van der Waals surface area contributed by atoms with Crippen LogP contribution in [0.4, 0.5) is 0 Å². The van der Waals surface area contributed by atoms with Crippen LogP contribution in [0.25, 0.3) is 11.4 Å². The van der Waals surface area contributed by atoms with Gasteiger partial charge in [-0.25, -0.2) is 0 Å². The molecule has 2 heterocycles. The maximum Gasteiger partial charge on any atom is 0.241 e. The highest BCUT2D eigenvalue weighted by atomic mass is 16.5. The first kappa shape index (κ1) is 14.2. The molecule has 5 nitrogen and oxygen atoms in total. The fourth-order valence-electron chi connectivity index (χ4n) is 3.11. The Bertz CT molecular complexity index is 569. The predicted molar refractivity (Wildman–Crippen MR) is 81.4 cm³/mol. The number of hydrogen-bond acceptors (Lipinski definition) is 5. The van der Waals surface area contributed by atoms with Crippen LogP contribution < -0.4 is 5.73 Å². The van der Waals surface area contributed by atoms with Crippen molar-refractivity contribution in [3.8, 4) is 11.4 Å². The number of hydrogen-bond donors (Lipinski definition) is 1. The molecule has 5 heteroatoms. The summed E-state index contributed by atoms with van der Waals surface area (Å²) in [6.45, 7) is 4.69. The summed E-state index contributed by atoms with van der Waals surface area (Å²) in [5, 5.41) is 4.08. The number of nitrogens with two attached hydrogens (primary N) is 1. The molecule has 1 aromatic heterocycles. The lowest BCUT2D eigenvalue weighted by atomic mass is 9.91. The Hall–Kier alpha value is -1.72. The number of benzene rings is 1. The normalized spacial score (nSPS) is 23.3. The SMILES string of the molecule is CC1CCCN(Cc2nc(-c3ccccc3)no2)C1CN. The van der Waals surface area contributed by atoms with E-state index in [9.17, 15) is 0 Å². The van der Waals surface area contributed by atoms with Crippen molar-refractivity contribution >= 4 is 0 Å². The summed E-state index contributed by atoms with van der Waals surface area (Å²) in [6, 6.07) is 10.3. The Labute approximate surface area is 125 Å². The summed E-state index contributed by atoms with van der Waals surface area (Å²) in [5.74, 6) is 1.95. The maximum absolute atomic E-state index is 5.93. The van der Waals surface area contributed by atoms with Gasteiger partial charge in [-0.15, -0.1) is 0 Å². The average molecular weight is 286 g/mol. The van der Waals surface area contributed by atoms with Gasteiger partial charge in [0.15, 0.2) is 0 Å². The molecule has 112 valence electrons. The third-order valence-electron chi connectivity index (χ3n) is 4.31. The van der Waals surface area contributed by atoms with E-state index >= 15 is 0 Å². The second-order valence-electron chi connectivity index (χ2n) is 5.77. The molecule has 0 radical (unpaired) electrons. The molecule has 1 aliphatic rings. The van der Waals surface area contributed by atoms with Crippen LogP contribution in [0, 0.1) is 5.92 Å². The Morgan fingerprint density at radius 3 is 2.90 bits per heavy atom. The molecular formula is C16H22N4O. The van der Waals surface area contributed by atoms with Crippen molar-refractivity contribution in [1.29, 1.82) is 0 Å². The van der Waals surface area contributed by atoms with Gasteiger partial charge in [-0.2, -0.15) is 4.98 Å². The lowest BCUT2D eigenvalue weighted by Gasteiger charge is -2.38. The summed E-state index contributed by atoms with van der Waals surface area (Å²) < 4.78 is 5.41. The first-order valence-electron chi connectivity index (χ1n) is 7.60. The molecule has 2 atom stereocenters. The zero-order valence-electron chi connectivity index (χ0n) is 12.4. The number of piperidine rings is 1. The summed E-state index contributed by atoms with van der Waals surface area (Å²) in [7, 11) is 0. The Kier molecular flexibility index (Phi) is 4.31. The lowest BCUT2D eigenvalue weighted by Crippen LogP contribution is -2.48. The Morgan fingerprint density at radius 2 is 2.14 bits per heavy atom. The first-order chi connectivity index (χ1) is 10.3. The van der Waals surface area contributed by atoms with Crippen LogP contribution in [0.15, 0.2) is 34.9 Å². The van der Waals surface area contributed by atoms with E-state index in [1.807, 2.05) is 30.3 Å². The highest BCUT2D eigenvalue weighted by molar-refractivity contribution is 5.53. The van der Waals surface area contributed by atoms with Gasteiger partial charge in [0.25, 0.3) is 0 Å². The summed E-state index contributed by atoms with van der Waals surface area (Å²) in [4.78, 5) is 6.88. The van der Waals surface area contributed by atoms with E-state index in [2.05, 4.69) is 22.0 Å². The number of rotatable bonds is 4. The molecule has 1 fully saturated rings. The first-order valence-corrected chi connectivity index (χ1v) is 7.60. The van der Waals surface area contributed by atoms with Crippen LogP contribution in [-0.4, -0.2) is 34.2 Å². The minimum Gasteiger partial charge on any atom is -0.338 e. The van der Waals surface area contributed by atoms with Crippen LogP contribution in [0.5, 0.6) is 0 Å². The fourth-order valence-corrected chi connectivity index (χ4v) is 3.11. The molecule has 2 N–H and O–H groups in total. The van der Waals surface area contributed by atoms with E-state index in [-0.39, 0.29) is 0 Å². The number of likely N-dealkylation sites (tertiary alicyclic amines) is 1. The average Bonchev–Trinajstić information content (AvgIpc) is 2.97. The van der Waals surface area contributed by atoms with Crippen LogP contribution >= 0.6 is 0 Å². The van der Waals surface area contributed by atoms with E-state index in [1.165, 1.54) is 12.8 Å². The third kappa shape index (κ3) is 3.14. The number of aromatic nitrogens is 2. The molecule has 3 rings (SSSR count). The molecule has 21 heavy (non-hydrogen) atoms. The monoisotopic (exact) mass is 286 g/mol. The largest absolute Gasteiger partial charge is 0.338 e. The molecule has 2 aromatic rings. The molecular weight excluding hydrogens is 264 g/mol. The molecule has 0 saturated carbocycles. The van der Waals surface area contributed by atoms with Gasteiger partial charge in [-0.3, -0.25) is 4.90 Å². The van der Waals surface area contributed by atoms with Crippen LogP contribution in [0.2, 0.25) is 0 Å². The molecule has 1 aliphatic heterocycles. The molecule has 0 amide bonds. The van der Waals surface area contributed by atoms with Crippen molar-refractivity contribution in [2.24, 2.45) is 11.7 Å². The van der Waals surface area contributed by atoms with Crippen LogP contribution in [0.1, 0.15) is 25.7 Å². The van der Waals surface area contributed by atoms with Gasteiger partial charge in [-0.05, 0) is 25.3 Å². The maximum atomic E-state index is 5.93. The van der Waals surface area contributed by atoms with E-state index in [4.69, 9.17) is 10.3 Å². The van der Waals surface area contributed by atoms with E-state index in [0.29, 0.717) is 36.8 Å². The Balaban J connectivity index is 1.72. The second kappa shape index (κ2) is 6.37. The molecule has 0 spiro atoms. The van der Waals surface area contributed by atoms with Gasteiger partial charge in [-0.1, -0.05) is 42.4 Å². The fraction of sp³-hybridized carbons (Fsp3) is 0.500.